The van der Waals surface area contributed by atoms with Gasteiger partial charge in [-0.25, -0.2) is 9.78 Å². The molecule has 24 heavy (non-hydrogen) atoms. The maximum absolute atomic E-state index is 12.3. The number of aromatic nitrogens is 1. The van der Waals surface area contributed by atoms with Gasteiger partial charge in [0.2, 0.25) is 5.91 Å². The first kappa shape index (κ1) is 18.8. The van der Waals surface area contributed by atoms with Crippen molar-refractivity contribution in [2.24, 2.45) is 5.73 Å². The zero-order valence-electron chi connectivity index (χ0n) is 12.9. The van der Waals surface area contributed by atoms with Crippen molar-refractivity contribution in [1.82, 2.24) is 10.3 Å². The van der Waals surface area contributed by atoms with Crippen LogP contribution in [0.3, 0.4) is 0 Å². The molecule has 6 nitrogen and oxygen atoms in total. The van der Waals surface area contributed by atoms with Crippen molar-refractivity contribution < 1.29 is 9.59 Å². The smallest absolute Gasteiger partial charge is 0.312 e. The Morgan fingerprint density at radius 1 is 1.46 bits per heavy atom. The minimum absolute atomic E-state index is 0.321. The number of nitrogens with two attached hydrogens (primary N) is 1. The molecule has 1 aromatic carbocycles. The molecular formula is C15H17BrN4O2S2. The topological polar surface area (TPSA) is 97.1 Å². The highest BCUT2D eigenvalue weighted by Crippen LogP contribution is 2.27. The van der Waals surface area contributed by atoms with Gasteiger partial charge < -0.3 is 16.4 Å². The number of nitrogens with one attached hydrogen (secondary N) is 2. The summed E-state index contributed by atoms with van der Waals surface area (Å²) in [5.41, 5.74) is 6.87. The maximum atomic E-state index is 12.3. The van der Waals surface area contributed by atoms with Crippen LogP contribution >= 0.6 is 39.0 Å². The molecule has 9 heteroatoms. The molecule has 1 unspecified atom stereocenters. The second-order valence-electron chi connectivity index (χ2n) is 4.88. The van der Waals surface area contributed by atoms with Crippen molar-refractivity contribution in [3.05, 3.63) is 34.1 Å². The molecule has 1 atom stereocenters. The summed E-state index contributed by atoms with van der Waals surface area (Å²) in [5.74, 6) is 0.414. The summed E-state index contributed by atoms with van der Waals surface area (Å²) in [6.07, 6.45) is 2.43. The van der Waals surface area contributed by atoms with E-state index in [1.54, 1.807) is 11.8 Å². The van der Waals surface area contributed by atoms with Crippen LogP contribution in [0.4, 0.5) is 9.93 Å². The Labute approximate surface area is 156 Å². The lowest BCUT2D eigenvalue weighted by Gasteiger charge is -2.15. The van der Waals surface area contributed by atoms with E-state index >= 15 is 0 Å². The number of rotatable bonds is 7. The first-order valence-electron chi connectivity index (χ1n) is 7.07. The highest BCUT2D eigenvalue weighted by atomic mass is 79.9. The van der Waals surface area contributed by atoms with Crippen molar-refractivity contribution in [3.63, 3.8) is 0 Å². The summed E-state index contributed by atoms with van der Waals surface area (Å²) in [5, 5.41) is 7.56. The number of urea groups is 1. The molecule has 0 radical (unpaired) electrons. The lowest BCUT2D eigenvalue weighted by molar-refractivity contribution is -0.117. The fourth-order valence-electron chi connectivity index (χ4n) is 1.98. The molecule has 0 saturated heterocycles. The Kier molecular flexibility index (Phi) is 7.07. The molecule has 1 heterocycles. The SMILES string of the molecule is CSCCC(NC(N)=O)C(=O)Nc1nc(-c2cccc(Br)c2)cs1. The number of carbonyl (C=O) groups is 2. The van der Waals surface area contributed by atoms with Crippen molar-refractivity contribution in [2.45, 2.75) is 12.5 Å². The molecule has 0 aliphatic carbocycles. The van der Waals surface area contributed by atoms with Gasteiger partial charge >= 0.3 is 6.03 Å². The molecule has 2 rings (SSSR count). The van der Waals surface area contributed by atoms with Crippen molar-refractivity contribution >= 4 is 56.1 Å². The molecule has 0 saturated carbocycles. The Morgan fingerprint density at radius 2 is 2.25 bits per heavy atom. The van der Waals surface area contributed by atoms with Crippen LogP contribution in [0.1, 0.15) is 6.42 Å². The molecule has 0 bridgehead atoms. The third-order valence-corrected chi connectivity index (χ3v) is 4.99. The molecule has 1 aromatic heterocycles. The van der Waals surface area contributed by atoms with E-state index in [1.807, 2.05) is 35.9 Å². The number of anilines is 1. The van der Waals surface area contributed by atoms with E-state index in [0.717, 1.165) is 21.5 Å². The lowest BCUT2D eigenvalue weighted by atomic mass is 10.2. The summed E-state index contributed by atoms with van der Waals surface area (Å²) < 4.78 is 0.960. The zero-order chi connectivity index (χ0) is 17.5. The number of hydrogen-bond donors (Lipinski definition) is 3. The minimum atomic E-state index is -0.717. The summed E-state index contributed by atoms with van der Waals surface area (Å²) in [6, 6.07) is 6.37. The van der Waals surface area contributed by atoms with E-state index in [4.69, 9.17) is 5.73 Å². The average Bonchev–Trinajstić information content (AvgIpc) is 2.99. The van der Waals surface area contributed by atoms with Gasteiger partial charge in [-0.15, -0.1) is 11.3 Å². The van der Waals surface area contributed by atoms with Crippen LogP contribution in [0.5, 0.6) is 0 Å². The van der Waals surface area contributed by atoms with Crippen LogP contribution in [0.2, 0.25) is 0 Å². The van der Waals surface area contributed by atoms with E-state index in [-0.39, 0.29) is 5.91 Å². The number of benzene rings is 1. The van der Waals surface area contributed by atoms with Crippen LogP contribution in [-0.4, -0.2) is 35.0 Å². The number of amides is 3. The number of halogens is 1. The van der Waals surface area contributed by atoms with Gasteiger partial charge in [-0.3, -0.25) is 4.79 Å². The second kappa shape index (κ2) is 9.05. The standard InChI is InChI=1S/C15H17BrN4O2S2/c1-23-6-5-11(18-14(17)22)13(21)20-15-19-12(8-24-15)9-3-2-4-10(16)7-9/h2-4,7-8,11H,5-6H2,1H3,(H3,17,18,22)(H,19,20,21). The first-order valence-corrected chi connectivity index (χ1v) is 10.1. The molecule has 2 aromatic rings. The Bertz CT molecular complexity index is 723. The highest BCUT2D eigenvalue weighted by molar-refractivity contribution is 9.10. The van der Waals surface area contributed by atoms with E-state index in [2.05, 4.69) is 31.5 Å². The number of hydrogen-bond acceptors (Lipinski definition) is 5. The van der Waals surface area contributed by atoms with Gasteiger partial charge in [-0.1, -0.05) is 28.1 Å². The number of nitrogens with zero attached hydrogens (tertiary/aromatic N) is 1. The van der Waals surface area contributed by atoms with Crippen molar-refractivity contribution in [1.29, 1.82) is 0 Å². The minimum Gasteiger partial charge on any atom is -0.352 e. The molecule has 0 fully saturated rings. The second-order valence-corrected chi connectivity index (χ2v) is 7.64. The van der Waals surface area contributed by atoms with Gasteiger partial charge in [-0.05, 0) is 30.6 Å². The molecule has 4 N–H and O–H groups in total. The molecule has 128 valence electrons. The summed E-state index contributed by atoms with van der Waals surface area (Å²) >= 11 is 6.35. The third-order valence-electron chi connectivity index (χ3n) is 3.10. The fraction of sp³-hybridized carbons (Fsp3) is 0.267. The van der Waals surface area contributed by atoms with Crippen LogP contribution in [-0.2, 0) is 4.79 Å². The fourth-order valence-corrected chi connectivity index (χ4v) is 3.57. The number of carbonyl (C=O) groups excluding carboxylic acids is 2. The molecule has 0 aliphatic rings. The van der Waals surface area contributed by atoms with Gasteiger partial charge in [-0.2, -0.15) is 11.8 Å². The van der Waals surface area contributed by atoms with E-state index in [1.165, 1.54) is 11.3 Å². The maximum Gasteiger partial charge on any atom is 0.312 e. The highest BCUT2D eigenvalue weighted by Gasteiger charge is 2.20. The van der Waals surface area contributed by atoms with Crippen LogP contribution in [0.15, 0.2) is 34.1 Å². The van der Waals surface area contributed by atoms with Gasteiger partial charge in [0.05, 0.1) is 5.69 Å². The summed E-state index contributed by atoms with van der Waals surface area (Å²) in [7, 11) is 0. The van der Waals surface area contributed by atoms with Gasteiger partial charge in [0.15, 0.2) is 5.13 Å². The Hall–Kier alpha value is -1.58. The van der Waals surface area contributed by atoms with Crippen molar-refractivity contribution in [3.8, 4) is 11.3 Å². The van der Waals surface area contributed by atoms with Crippen molar-refractivity contribution in [2.75, 3.05) is 17.3 Å². The molecular weight excluding hydrogens is 412 g/mol. The van der Waals surface area contributed by atoms with Gasteiger partial charge in [0, 0.05) is 15.4 Å². The normalized spacial score (nSPS) is 11.8. The lowest BCUT2D eigenvalue weighted by Crippen LogP contribution is -2.46. The first-order chi connectivity index (χ1) is 11.5. The summed E-state index contributed by atoms with van der Waals surface area (Å²) in [6.45, 7) is 0. The predicted molar refractivity (Wildman–Crippen MR) is 103 cm³/mol. The Balaban J connectivity index is 2.06. The van der Waals surface area contributed by atoms with E-state index in [9.17, 15) is 9.59 Å². The van der Waals surface area contributed by atoms with E-state index in [0.29, 0.717) is 11.6 Å². The Morgan fingerprint density at radius 3 is 2.92 bits per heavy atom. The predicted octanol–water partition coefficient (Wildman–Crippen LogP) is 3.30. The van der Waals surface area contributed by atoms with Crippen LogP contribution < -0.4 is 16.4 Å². The van der Waals surface area contributed by atoms with E-state index < -0.39 is 12.1 Å². The van der Waals surface area contributed by atoms with Gasteiger partial charge in [0.25, 0.3) is 0 Å². The molecule has 0 aliphatic heterocycles. The van der Waals surface area contributed by atoms with Crippen LogP contribution in [0.25, 0.3) is 11.3 Å². The number of thioether (sulfide) groups is 1. The van der Waals surface area contributed by atoms with Gasteiger partial charge in [0.1, 0.15) is 6.04 Å². The number of thiazole rings is 1. The average molecular weight is 429 g/mol. The monoisotopic (exact) mass is 428 g/mol. The van der Waals surface area contributed by atoms with Crippen LogP contribution in [0, 0.1) is 0 Å². The third kappa shape index (κ3) is 5.50. The molecule has 0 spiro atoms. The summed E-state index contributed by atoms with van der Waals surface area (Å²) in [4.78, 5) is 27.8. The molecule has 3 amide bonds. The zero-order valence-corrected chi connectivity index (χ0v) is 16.1. The largest absolute Gasteiger partial charge is 0.352 e. The quantitative estimate of drug-likeness (QED) is 0.629. The number of primary amides is 1.